The van der Waals surface area contributed by atoms with Gasteiger partial charge in [-0.15, -0.1) is 0 Å². The molecule has 0 aromatic rings. The van der Waals surface area contributed by atoms with Crippen LogP contribution in [-0.2, 0) is 0 Å². The summed E-state index contributed by atoms with van der Waals surface area (Å²) in [6, 6.07) is 2.05. The Kier molecular flexibility index (Phi) is 4.84. The van der Waals surface area contributed by atoms with E-state index < -0.39 is 0 Å². The summed E-state index contributed by atoms with van der Waals surface area (Å²) in [4.78, 5) is 0. The van der Waals surface area contributed by atoms with Gasteiger partial charge in [0.25, 0.3) is 0 Å². The van der Waals surface area contributed by atoms with Crippen LogP contribution < -0.4 is 5.32 Å². The van der Waals surface area contributed by atoms with E-state index in [1.54, 1.807) is 0 Å². The fraction of sp³-hybridized carbons (Fsp3) is 0.875. The number of hydrogen-bond donors (Lipinski definition) is 2. The molecule has 0 radical (unpaired) electrons. The van der Waals surface area contributed by atoms with Crippen molar-refractivity contribution >= 4 is 0 Å². The molecular weight excluding hydrogens is 140 g/mol. The molecule has 0 amide bonds. The van der Waals surface area contributed by atoms with E-state index in [1.165, 1.54) is 0 Å². The predicted molar refractivity (Wildman–Crippen MR) is 44.0 cm³/mol. The summed E-state index contributed by atoms with van der Waals surface area (Å²) in [6.07, 6.45) is 0.529. The van der Waals surface area contributed by atoms with Crippen molar-refractivity contribution in [2.75, 3.05) is 19.7 Å². The quantitative estimate of drug-likeness (QED) is 0.570. The highest BCUT2D eigenvalue weighted by atomic mass is 16.3. The molecular formula is C8H16N2O. The second-order valence-corrected chi connectivity index (χ2v) is 3.41. The Bertz CT molecular complexity index is 138. The number of nitriles is 1. The third-order valence-corrected chi connectivity index (χ3v) is 1.45. The van der Waals surface area contributed by atoms with Gasteiger partial charge in [-0.05, 0) is 0 Å². The Morgan fingerprint density at radius 1 is 1.55 bits per heavy atom. The lowest BCUT2D eigenvalue weighted by atomic mass is 9.95. The molecule has 0 bridgehead atoms. The summed E-state index contributed by atoms with van der Waals surface area (Å²) in [5.74, 6) is 0. The number of aliphatic hydroxyl groups excluding tert-OH is 1. The topological polar surface area (TPSA) is 56.0 Å². The summed E-state index contributed by atoms with van der Waals surface area (Å²) >= 11 is 0. The van der Waals surface area contributed by atoms with Gasteiger partial charge in [0, 0.05) is 31.5 Å². The van der Waals surface area contributed by atoms with E-state index in [2.05, 4.69) is 5.32 Å². The Morgan fingerprint density at radius 2 is 2.18 bits per heavy atom. The van der Waals surface area contributed by atoms with Crippen molar-refractivity contribution in [3.8, 4) is 6.07 Å². The number of nitrogens with one attached hydrogen (secondary N) is 1. The maximum atomic E-state index is 8.85. The van der Waals surface area contributed by atoms with Crippen LogP contribution in [0, 0.1) is 16.7 Å². The van der Waals surface area contributed by atoms with E-state index >= 15 is 0 Å². The SMILES string of the molecule is CC(C)(CO)CNCCC#N. The van der Waals surface area contributed by atoms with Crippen molar-refractivity contribution in [2.45, 2.75) is 20.3 Å². The first-order valence-corrected chi connectivity index (χ1v) is 3.81. The van der Waals surface area contributed by atoms with Crippen LogP contribution in [0.4, 0.5) is 0 Å². The minimum absolute atomic E-state index is 0.0740. The lowest BCUT2D eigenvalue weighted by Gasteiger charge is -2.21. The van der Waals surface area contributed by atoms with Crippen molar-refractivity contribution in [1.29, 1.82) is 5.26 Å². The van der Waals surface area contributed by atoms with Gasteiger partial charge in [-0.3, -0.25) is 0 Å². The van der Waals surface area contributed by atoms with Gasteiger partial charge in [-0.1, -0.05) is 13.8 Å². The van der Waals surface area contributed by atoms with Crippen LogP contribution in [0.25, 0.3) is 0 Å². The predicted octanol–water partition coefficient (Wildman–Crippen LogP) is 0.508. The Labute approximate surface area is 68.0 Å². The summed E-state index contributed by atoms with van der Waals surface area (Å²) in [7, 11) is 0. The van der Waals surface area contributed by atoms with Crippen LogP contribution in [0.15, 0.2) is 0 Å². The first-order valence-electron chi connectivity index (χ1n) is 3.81. The molecule has 3 heteroatoms. The third-order valence-electron chi connectivity index (χ3n) is 1.45. The van der Waals surface area contributed by atoms with Crippen molar-refractivity contribution in [3.05, 3.63) is 0 Å². The molecule has 0 spiro atoms. The zero-order valence-electron chi connectivity index (χ0n) is 7.22. The highest BCUT2D eigenvalue weighted by Gasteiger charge is 2.14. The molecule has 0 aliphatic heterocycles. The summed E-state index contributed by atoms with van der Waals surface area (Å²) < 4.78 is 0. The number of nitrogens with zero attached hydrogens (tertiary/aromatic N) is 1. The van der Waals surface area contributed by atoms with Crippen molar-refractivity contribution in [3.63, 3.8) is 0 Å². The zero-order valence-corrected chi connectivity index (χ0v) is 7.22. The highest BCUT2D eigenvalue weighted by Crippen LogP contribution is 2.10. The lowest BCUT2D eigenvalue weighted by Crippen LogP contribution is -2.32. The number of hydrogen-bond acceptors (Lipinski definition) is 3. The van der Waals surface area contributed by atoms with Gasteiger partial charge in [0.2, 0.25) is 0 Å². The van der Waals surface area contributed by atoms with Crippen LogP contribution in [0.2, 0.25) is 0 Å². The summed E-state index contributed by atoms with van der Waals surface area (Å²) in [5, 5.41) is 20.2. The first-order chi connectivity index (χ1) is 5.12. The molecule has 0 aromatic heterocycles. The molecule has 64 valence electrons. The van der Waals surface area contributed by atoms with E-state index in [-0.39, 0.29) is 12.0 Å². The maximum Gasteiger partial charge on any atom is 0.0635 e. The average molecular weight is 156 g/mol. The van der Waals surface area contributed by atoms with E-state index in [1.807, 2.05) is 19.9 Å². The minimum Gasteiger partial charge on any atom is -0.396 e. The number of rotatable bonds is 5. The molecule has 0 fully saturated rings. The van der Waals surface area contributed by atoms with Gasteiger partial charge in [-0.2, -0.15) is 5.26 Å². The zero-order chi connectivity index (χ0) is 8.74. The molecule has 3 nitrogen and oxygen atoms in total. The van der Waals surface area contributed by atoms with Gasteiger partial charge in [-0.25, -0.2) is 0 Å². The van der Waals surface area contributed by atoms with Crippen LogP contribution in [0.3, 0.4) is 0 Å². The van der Waals surface area contributed by atoms with Crippen molar-refractivity contribution in [2.24, 2.45) is 5.41 Å². The lowest BCUT2D eigenvalue weighted by molar-refractivity contribution is 0.157. The Balaban J connectivity index is 3.32. The van der Waals surface area contributed by atoms with Gasteiger partial charge in [0.1, 0.15) is 0 Å². The van der Waals surface area contributed by atoms with Gasteiger partial charge in [0.15, 0.2) is 0 Å². The normalized spacial score (nSPS) is 11.1. The van der Waals surface area contributed by atoms with Crippen LogP contribution in [0.1, 0.15) is 20.3 Å². The molecule has 0 heterocycles. The van der Waals surface area contributed by atoms with Gasteiger partial charge < -0.3 is 10.4 Å². The molecule has 0 aliphatic carbocycles. The van der Waals surface area contributed by atoms with Crippen LogP contribution in [0.5, 0.6) is 0 Å². The van der Waals surface area contributed by atoms with Gasteiger partial charge in [0.05, 0.1) is 6.07 Å². The second kappa shape index (κ2) is 5.11. The molecule has 0 atom stereocenters. The monoisotopic (exact) mass is 156 g/mol. The smallest absolute Gasteiger partial charge is 0.0635 e. The van der Waals surface area contributed by atoms with E-state index in [0.717, 1.165) is 6.54 Å². The fourth-order valence-electron chi connectivity index (χ4n) is 0.627. The summed E-state index contributed by atoms with van der Waals surface area (Å²) in [6.45, 7) is 5.59. The average Bonchev–Trinajstić information content (AvgIpc) is 1.99. The molecule has 0 saturated carbocycles. The molecule has 0 unspecified atom stereocenters. The highest BCUT2D eigenvalue weighted by molar-refractivity contribution is 4.74. The minimum atomic E-state index is -0.0740. The van der Waals surface area contributed by atoms with Crippen LogP contribution >= 0.6 is 0 Å². The second-order valence-electron chi connectivity index (χ2n) is 3.41. The van der Waals surface area contributed by atoms with E-state index in [4.69, 9.17) is 10.4 Å². The van der Waals surface area contributed by atoms with Crippen molar-refractivity contribution in [1.82, 2.24) is 5.32 Å². The molecule has 0 aliphatic rings. The number of aliphatic hydroxyl groups is 1. The van der Waals surface area contributed by atoms with E-state index in [9.17, 15) is 0 Å². The molecule has 2 N–H and O–H groups in total. The van der Waals surface area contributed by atoms with Gasteiger partial charge >= 0.3 is 0 Å². The van der Waals surface area contributed by atoms with E-state index in [0.29, 0.717) is 13.0 Å². The fourth-order valence-corrected chi connectivity index (χ4v) is 0.627. The standard InChI is InChI=1S/C8H16N2O/c1-8(2,7-11)6-10-5-3-4-9/h10-11H,3,5-7H2,1-2H3. The Hall–Kier alpha value is -0.590. The molecule has 0 aromatic carbocycles. The van der Waals surface area contributed by atoms with Crippen molar-refractivity contribution < 1.29 is 5.11 Å². The summed E-state index contributed by atoms with van der Waals surface area (Å²) in [5.41, 5.74) is -0.0740. The van der Waals surface area contributed by atoms with Crippen LogP contribution in [-0.4, -0.2) is 24.8 Å². The first kappa shape index (κ1) is 10.4. The molecule has 11 heavy (non-hydrogen) atoms. The largest absolute Gasteiger partial charge is 0.396 e. The Morgan fingerprint density at radius 3 is 2.64 bits per heavy atom. The molecule has 0 rings (SSSR count). The maximum absolute atomic E-state index is 8.85. The third kappa shape index (κ3) is 5.84. The molecule has 0 saturated heterocycles.